The smallest absolute Gasteiger partial charge is 0.254 e. The highest BCUT2D eigenvalue weighted by Crippen LogP contribution is 2.13. The fraction of sp³-hybridized carbons (Fsp3) is 0.438. The van der Waals surface area contributed by atoms with Gasteiger partial charge in [-0.3, -0.25) is 4.79 Å². The van der Waals surface area contributed by atoms with E-state index in [1.54, 1.807) is 11.9 Å². The van der Waals surface area contributed by atoms with Gasteiger partial charge in [0.2, 0.25) is 0 Å². The summed E-state index contributed by atoms with van der Waals surface area (Å²) in [5.74, 6) is 4.84. The van der Waals surface area contributed by atoms with Crippen LogP contribution in [0, 0.1) is 17.7 Å². The minimum absolute atomic E-state index is 0.0612. The topological polar surface area (TPSA) is 43.8 Å². The van der Waals surface area contributed by atoms with Gasteiger partial charge in [-0.15, -0.1) is 0 Å². The van der Waals surface area contributed by atoms with E-state index in [9.17, 15) is 9.18 Å². The molecule has 5 heteroatoms. The molecule has 0 aromatic heterocycles. The van der Waals surface area contributed by atoms with Crippen LogP contribution < -0.4 is 0 Å². The number of carbonyl (C=O) groups is 1. The Balaban J connectivity index is 2.95. The number of likely N-dealkylation sites (N-methyl/N-ethyl adjacent to an activating group) is 2. The van der Waals surface area contributed by atoms with Gasteiger partial charge in [0.15, 0.2) is 0 Å². The maximum Gasteiger partial charge on any atom is 0.254 e. The Labute approximate surface area is 125 Å². The highest BCUT2D eigenvalue weighted by molar-refractivity contribution is 5.96. The highest BCUT2D eigenvalue weighted by Gasteiger charge is 2.15. The molecule has 0 radical (unpaired) electrons. The van der Waals surface area contributed by atoms with Gasteiger partial charge in [0.25, 0.3) is 5.91 Å². The SMILES string of the molecule is CN(C)CCN(C)C(=O)c1ccc(F)cc1C#CCCO. The van der Waals surface area contributed by atoms with E-state index in [-0.39, 0.29) is 12.5 Å². The average Bonchev–Trinajstić information content (AvgIpc) is 2.44. The van der Waals surface area contributed by atoms with Crippen LogP contribution >= 0.6 is 0 Å². The van der Waals surface area contributed by atoms with Crippen LogP contribution in [0.2, 0.25) is 0 Å². The standard InChI is InChI=1S/C16H21FN2O2/c1-18(2)9-10-19(3)16(21)15-8-7-14(17)12-13(15)6-4-5-11-20/h7-8,12,20H,5,9-11H2,1-3H3. The van der Waals surface area contributed by atoms with Crippen LogP contribution in [0.1, 0.15) is 22.3 Å². The van der Waals surface area contributed by atoms with E-state index < -0.39 is 5.82 Å². The molecular weight excluding hydrogens is 271 g/mol. The molecular formula is C16H21FN2O2. The third kappa shape index (κ3) is 5.54. The summed E-state index contributed by atoms with van der Waals surface area (Å²) in [5.41, 5.74) is 0.730. The Morgan fingerprint density at radius 2 is 2.00 bits per heavy atom. The predicted molar refractivity (Wildman–Crippen MR) is 80.5 cm³/mol. The van der Waals surface area contributed by atoms with Crippen molar-refractivity contribution < 1.29 is 14.3 Å². The lowest BCUT2D eigenvalue weighted by Gasteiger charge is -2.20. The number of carbonyl (C=O) groups excluding carboxylic acids is 1. The number of halogens is 1. The van der Waals surface area contributed by atoms with Crippen LogP contribution in [-0.4, -0.2) is 61.7 Å². The van der Waals surface area contributed by atoms with Crippen molar-refractivity contribution in [2.45, 2.75) is 6.42 Å². The van der Waals surface area contributed by atoms with Gasteiger partial charge < -0.3 is 14.9 Å². The summed E-state index contributed by atoms with van der Waals surface area (Å²) in [6.07, 6.45) is 0.292. The zero-order valence-corrected chi connectivity index (χ0v) is 12.7. The average molecular weight is 292 g/mol. The van der Waals surface area contributed by atoms with Crippen LogP contribution in [0.3, 0.4) is 0 Å². The Morgan fingerprint density at radius 1 is 1.29 bits per heavy atom. The maximum absolute atomic E-state index is 13.3. The number of hydrogen-bond acceptors (Lipinski definition) is 3. The molecule has 0 aliphatic rings. The summed E-state index contributed by atoms with van der Waals surface area (Å²) in [6.45, 7) is 1.26. The number of benzene rings is 1. The van der Waals surface area contributed by atoms with Crippen molar-refractivity contribution in [2.75, 3.05) is 40.8 Å². The van der Waals surface area contributed by atoms with Crippen molar-refractivity contribution in [1.82, 2.24) is 9.80 Å². The van der Waals surface area contributed by atoms with Gasteiger partial charge in [0.1, 0.15) is 5.82 Å². The summed E-state index contributed by atoms with van der Waals surface area (Å²) in [5, 5.41) is 8.73. The van der Waals surface area contributed by atoms with E-state index in [1.165, 1.54) is 18.2 Å². The van der Waals surface area contributed by atoms with Crippen molar-refractivity contribution in [1.29, 1.82) is 0 Å². The lowest BCUT2D eigenvalue weighted by Crippen LogP contribution is -2.33. The molecule has 0 spiro atoms. The molecule has 0 heterocycles. The number of amides is 1. The first kappa shape index (κ1) is 17.2. The Bertz CT molecular complexity index is 547. The highest BCUT2D eigenvalue weighted by atomic mass is 19.1. The molecule has 0 saturated heterocycles. The first-order chi connectivity index (χ1) is 9.95. The lowest BCUT2D eigenvalue weighted by atomic mass is 10.1. The molecule has 1 aromatic carbocycles. The molecule has 1 aromatic rings. The fourth-order valence-corrected chi connectivity index (χ4v) is 1.68. The molecule has 1 amide bonds. The molecule has 4 nitrogen and oxygen atoms in total. The monoisotopic (exact) mass is 292 g/mol. The zero-order chi connectivity index (χ0) is 15.8. The van der Waals surface area contributed by atoms with Crippen LogP contribution in [0.15, 0.2) is 18.2 Å². The molecule has 114 valence electrons. The second-order valence-electron chi connectivity index (χ2n) is 5.00. The van der Waals surface area contributed by atoms with E-state index >= 15 is 0 Å². The van der Waals surface area contributed by atoms with Gasteiger partial charge in [0, 0.05) is 32.1 Å². The van der Waals surface area contributed by atoms with Crippen LogP contribution in [0.5, 0.6) is 0 Å². The molecule has 0 aliphatic carbocycles. The van der Waals surface area contributed by atoms with Crippen LogP contribution in [0.4, 0.5) is 4.39 Å². The maximum atomic E-state index is 13.3. The number of hydrogen-bond donors (Lipinski definition) is 1. The fourth-order valence-electron chi connectivity index (χ4n) is 1.68. The van der Waals surface area contributed by atoms with Crippen molar-refractivity contribution >= 4 is 5.91 Å². The quantitative estimate of drug-likeness (QED) is 0.829. The first-order valence-electron chi connectivity index (χ1n) is 6.75. The number of rotatable bonds is 5. The Hall–Kier alpha value is -1.90. The Kier molecular flexibility index (Phi) is 6.86. The van der Waals surface area contributed by atoms with Gasteiger partial charge in [-0.05, 0) is 32.3 Å². The van der Waals surface area contributed by atoms with Gasteiger partial charge in [-0.1, -0.05) is 11.8 Å². The third-order valence-corrected chi connectivity index (χ3v) is 2.90. The third-order valence-electron chi connectivity index (χ3n) is 2.90. The number of nitrogens with zero attached hydrogens (tertiary/aromatic N) is 2. The molecule has 0 bridgehead atoms. The summed E-state index contributed by atoms with van der Waals surface area (Å²) >= 11 is 0. The summed E-state index contributed by atoms with van der Waals surface area (Å²) < 4.78 is 13.3. The van der Waals surface area contributed by atoms with E-state index in [1.807, 2.05) is 19.0 Å². The second-order valence-corrected chi connectivity index (χ2v) is 5.00. The van der Waals surface area contributed by atoms with Gasteiger partial charge in [-0.25, -0.2) is 4.39 Å². The first-order valence-corrected chi connectivity index (χ1v) is 6.75. The summed E-state index contributed by atoms with van der Waals surface area (Å²) in [6, 6.07) is 3.95. The molecule has 1 rings (SSSR count). The largest absolute Gasteiger partial charge is 0.395 e. The molecule has 0 unspecified atom stereocenters. The minimum Gasteiger partial charge on any atom is -0.395 e. The lowest BCUT2D eigenvalue weighted by molar-refractivity contribution is 0.0786. The summed E-state index contributed by atoms with van der Waals surface area (Å²) in [4.78, 5) is 16.0. The number of aliphatic hydroxyl groups is 1. The number of aliphatic hydroxyl groups excluding tert-OH is 1. The predicted octanol–water partition coefficient (Wildman–Crippen LogP) is 1.19. The van der Waals surface area contributed by atoms with Crippen molar-refractivity contribution in [3.05, 3.63) is 35.1 Å². The normalized spacial score (nSPS) is 10.2. The van der Waals surface area contributed by atoms with Crippen molar-refractivity contribution in [3.8, 4) is 11.8 Å². The van der Waals surface area contributed by atoms with Crippen molar-refractivity contribution in [3.63, 3.8) is 0 Å². The van der Waals surface area contributed by atoms with Gasteiger partial charge in [-0.2, -0.15) is 0 Å². The minimum atomic E-state index is -0.434. The van der Waals surface area contributed by atoms with Crippen molar-refractivity contribution in [2.24, 2.45) is 0 Å². The van der Waals surface area contributed by atoms with Crippen LogP contribution in [-0.2, 0) is 0 Å². The molecule has 0 aliphatic heterocycles. The summed E-state index contributed by atoms with van der Waals surface area (Å²) in [7, 11) is 5.57. The van der Waals surface area contributed by atoms with Crippen LogP contribution in [0.25, 0.3) is 0 Å². The Morgan fingerprint density at radius 3 is 2.62 bits per heavy atom. The van der Waals surface area contributed by atoms with Gasteiger partial charge >= 0.3 is 0 Å². The zero-order valence-electron chi connectivity index (χ0n) is 12.7. The van der Waals surface area contributed by atoms with E-state index in [4.69, 9.17) is 5.11 Å². The molecule has 0 atom stereocenters. The van der Waals surface area contributed by atoms with E-state index in [0.717, 1.165) is 6.54 Å². The molecule has 0 saturated carbocycles. The molecule has 0 fully saturated rings. The van der Waals surface area contributed by atoms with Gasteiger partial charge in [0.05, 0.1) is 12.2 Å². The van der Waals surface area contributed by atoms with E-state index in [2.05, 4.69) is 11.8 Å². The molecule has 1 N–H and O–H groups in total. The second kappa shape index (κ2) is 8.40. The van der Waals surface area contributed by atoms with E-state index in [0.29, 0.717) is 24.1 Å². The molecule has 21 heavy (non-hydrogen) atoms.